The van der Waals surface area contributed by atoms with E-state index in [9.17, 15) is 4.79 Å². The molecule has 0 bridgehead atoms. The van der Waals surface area contributed by atoms with Crippen LogP contribution in [0.1, 0.15) is 5.69 Å². The molecular weight excluding hydrogens is 458 g/mol. The molecule has 0 aliphatic carbocycles. The number of anilines is 2. The Kier molecular flexibility index (Phi) is 5.15. The van der Waals surface area contributed by atoms with Gasteiger partial charge < -0.3 is 10.3 Å². The summed E-state index contributed by atoms with van der Waals surface area (Å²) in [4.78, 5) is 37.4. The molecule has 2 amide bonds. The largest absolute Gasteiger partial charge is 0.324 e. The first-order valence-corrected chi connectivity index (χ1v) is 11.0. The third kappa shape index (κ3) is 4.14. The van der Waals surface area contributed by atoms with Gasteiger partial charge in [-0.2, -0.15) is 5.10 Å². The monoisotopic (exact) mass is 477 g/mol. The van der Waals surface area contributed by atoms with Gasteiger partial charge in [-0.25, -0.2) is 24.7 Å². The second-order valence-corrected chi connectivity index (χ2v) is 7.97. The number of hydrogen-bond acceptors (Lipinski definition) is 7. The zero-order valence-electron chi connectivity index (χ0n) is 19.0. The van der Waals surface area contributed by atoms with E-state index in [1.54, 1.807) is 36.9 Å². The Morgan fingerprint density at radius 3 is 2.69 bits per heavy atom. The minimum Gasteiger partial charge on any atom is -0.322 e. The van der Waals surface area contributed by atoms with Crippen LogP contribution < -0.4 is 10.6 Å². The maximum Gasteiger partial charge on any atom is 0.324 e. The summed E-state index contributed by atoms with van der Waals surface area (Å²) in [5, 5.41) is 12.5. The van der Waals surface area contributed by atoms with Crippen molar-refractivity contribution >= 4 is 28.7 Å². The van der Waals surface area contributed by atoms with Gasteiger partial charge in [0.1, 0.15) is 24.3 Å². The van der Waals surface area contributed by atoms with E-state index < -0.39 is 6.03 Å². The number of pyridine rings is 1. The van der Waals surface area contributed by atoms with Crippen LogP contribution in [0, 0.1) is 6.92 Å². The fraction of sp³-hybridized carbons (Fsp3) is 0.0417. The quantitative estimate of drug-likeness (QED) is 0.293. The van der Waals surface area contributed by atoms with Gasteiger partial charge in [-0.1, -0.05) is 0 Å². The van der Waals surface area contributed by atoms with Gasteiger partial charge in [-0.15, -0.1) is 0 Å². The second-order valence-electron chi connectivity index (χ2n) is 7.97. The van der Waals surface area contributed by atoms with Gasteiger partial charge in [0.05, 0.1) is 11.4 Å². The second kappa shape index (κ2) is 8.76. The van der Waals surface area contributed by atoms with Gasteiger partial charge in [-0.3, -0.25) is 20.0 Å². The van der Waals surface area contributed by atoms with E-state index in [2.05, 4.69) is 45.8 Å². The number of imidazole rings is 2. The number of urea groups is 1. The number of aryl methyl sites for hydroxylation is 1. The molecule has 0 aliphatic rings. The van der Waals surface area contributed by atoms with Crippen LogP contribution in [-0.2, 0) is 0 Å². The summed E-state index contributed by atoms with van der Waals surface area (Å²) in [6, 6.07) is 12.4. The van der Waals surface area contributed by atoms with Crippen LogP contribution in [0.5, 0.6) is 0 Å². The lowest BCUT2D eigenvalue weighted by Gasteiger charge is -2.06. The molecule has 5 heterocycles. The topological polar surface area (TPSA) is 155 Å². The van der Waals surface area contributed by atoms with E-state index in [0.29, 0.717) is 40.0 Å². The van der Waals surface area contributed by atoms with Crippen molar-refractivity contribution in [3.05, 3.63) is 79.4 Å². The zero-order valence-corrected chi connectivity index (χ0v) is 19.0. The molecule has 6 aromatic rings. The Hall–Kier alpha value is -5.39. The number of carbonyl (C=O) groups excluding carboxylic acids is 1. The van der Waals surface area contributed by atoms with Crippen molar-refractivity contribution in [2.24, 2.45) is 0 Å². The van der Waals surface area contributed by atoms with Crippen LogP contribution in [0.4, 0.5) is 16.3 Å². The molecule has 0 fully saturated rings. The van der Waals surface area contributed by atoms with Gasteiger partial charge in [0.25, 0.3) is 0 Å². The van der Waals surface area contributed by atoms with Crippen molar-refractivity contribution in [3.63, 3.8) is 0 Å². The molecule has 0 unspecified atom stereocenters. The van der Waals surface area contributed by atoms with Crippen molar-refractivity contribution < 1.29 is 4.79 Å². The summed E-state index contributed by atoms with van der Waals surface area (Å²) in [5.41, 5.74) is 5.12. The molecule has 0 saturated heterocycles. The average molecular weight is 477 g/mol. The Morgan fingerprint density at radius 2 is 1.92 bits per heavy atom. The SMILES string of the molecule is Cc1cn(-c2ncnc3[nH]c(-c4ccc(NC(=O)Nc5cc(-c6cccnc6)n[nH]5)cc4)nc23)cn1. The first-order valence-electron chi connectivity index (χ1n) is 11.0. The maximum absolute atomic E-state index is 12.5. The number of nitrogens with zero attached hydrogens (tertiary/aromatic N) is 7. The first-order chi connectivity index (χ1) is 17.6. The van der Waals surface area contributed by atoms with Gasteiger partial charge in [0.2, 0.25) is 0 Å². The summed E-state index contributed by atoms with van der Waals surface area (Å²) in [7, 11) is 0. The minimum absolute atomic E-state index is 0.400. The number of rotatable bonds is 5. The predicted molar refractivity (Wildman–Crippen MR) is 133 cm³/mol. The lowest BCUT2D eigenvalue weighted by Crippen LogP contribution is -2.19. The van der Waals surface area contributed by atoms with Crippen molar-refractivity contribution in [1.82, 2.24) is 44.7 Å². The molecule has 12 nitrogen and oxygen atoms in total. The Bertz CT molecular complexity index is 1670. The Labute approximate surface area is 203 Å². The van der Waals surface area contributed by atoms with Crippen LogP contribution in [0.25, 0.3) is 39.6 Å². The number of hydrogen-bond donors (Lipinski definition) is 4. The van der Waals surface area contributed by atoms with Gasteiger partial charge >= 0.3 is 6.03 Å². The number of amides is 2. The molecule has 12 heteroatoms. The van der Waals surface area contributed by atoms with Crippen LogP contribution >= 0.6 is 0 Å². The highest BCUT2D eigenvalue weighted by molar-refractivity contribution is 5.99. The number of aromatic amines is 2. The lowest BCUT2D eigenvalue weighted by molar-refractivity contribution is 0.262. The molecule has 36 heavy (non-hydrogen) atoms. The van der Waals surface area contributed by atoms with Gasteiger partial charge in [0.15, 0.2) is 17.0 Å². The van der Waals surface area contributed by atoms with E-state index >= 15 is 0 Å². The van der Waals surface area contributed by atoms with E-state index in [-0.39, 0.29) is 0 Å². The lowest BCUT2D eigenvalue weighted by atomic mass is 10.2. The van der Waals surface area contributed by atoms with Gasteiger partial charge in [0, 0.05) is 41.5 Å². The zero-order chi connectivity index (χ0) is 24.5. The molecule has 5 aromatic heterocycles. The highest BCUT2D eigenvalue weighted by Crippen LogP contribution is 2.24. The normalized spacial score (nSPS) is 11.0. The first kappa shape index (κ1) is 21.2. The van der Waals surface area contributed by atoms with Crippen molar-refractivity contribution in [3.8, 4) is 28.5 Å². The molecule has 0 aliphatic heterocycles. The molecule has 0 radical (unpaired) electrons. The van der Waals surface area contributed by atoms with E-state index in [1.165, 1.54) is 6.33 Å². The fourth-order valence-electron chi connectivity index (χ4n) is 3.72. The van der Waals surface area contributed by atoms with Gasteiger partial charge in [-0.05, 0) is 43.3 Å². The third-order valence-electron chi connectivity index (χ3n) is 5.42. The molecule has 1 aromatic carbocycles. The number of nitrogens with one attached hydrogen (secondary N) is 4. The highest BCUT2D eigenvalue weighted by atomic mass is 16.2. The highest BCUT2D eigenvalue weighted by Gasteiger charge is 2.13. The molecular formula is C24H19N11O. The summed E-state index contributed by atoms with van der Waals surface area (Å²) in [6.07, 6.45) is 8.45. The van der Waals surface area contributed by atoms with E-state index in [0.717, 1.165) is 16.8 Å². The van der Waals surface area contributed by atoms with Crippen molar-refractivity contribution in [2.45, 2.75) is 6.92 Å². The van der Waals surface area contributed by atoms with Crippen LogP contribution in [0.2, 0.25) is 0 Å². The maximum atomic E-state index is 12.5. The number of fused-ring (bicyclic) bond motifs is 1. The van der Waals surface area contributed by atoms with Crippen LogP contribution in [-0.4, -0.2) is 50.7 Å². The smallest absolute Gasteiger partial charge is 0.322 e. The van der Waals surface area contributed by atoms with Crippen molar-refractivity contribution in [2.75, 3.05) is 10.6 Å². The Morgan fingerprint density at radius 1 is 1.03 bits per heavy atom. The third-order valence-corrected chi connectivity index (χ3v) is 5.42. The summed E-state index contributed by atoms with van der Waals surface area (Å²) >= 11 is 0. The predicted octanol–water partition coefficient (Wildman–Crippen LogP) is 3.94. The summed E-state index contributed by atoms with van der Waals surface area (Å²) in [5.74, 6) is 1.75. The number of aromatic nitrogens is 9. The van der Waals surface area contributed by atoms with Crippen molar-refractivity contribution in [1.29, 1.82) is 0 Å². The van der Waals surface area contributed by atoms with Crippen LogP contribution in [0.15, 0.2) is 73.7 Å². The number of H-pyrrole nitrogens is 2. The molecule has 0 saturated carbocycles. The molecule has 176 valence electrons. The molecule has 4 N–H and O–H groups in total. The fourth-order valence-corrected chi connectivity index (χ4v) is 3.72. The summed E-state index contributed by atoms with van der Waals surface area (Å²) < 4.78 is 1.81. The standard InChI is InChI=1S/C24H19N11O/c1-14-11-35(13-28-14)23-20-22(26-12-27-23)32-21(31-20)15-4-6-17(7-5-15)29-24(36)30-19-9-18(33-34-19)16-3-2-8-25-10-16/h2-13H,1H3,(H,26,27,31,32)(H3,29,30,33,34,36). The number of benzene rings is 1. The Balaban J connectivity index is 1.16. The minimum atomic E-state index is -0.400. The molecule has 0 atom stereocenters. The molecule has 6 rings (SSSR count). The average Bonchev–Trinajstić information content (AvgIpc) is 3.64. The van der Waals surface area contributed by atoms with Crippen LogP contribution in [0.3, 0.4) is 0 Å². The van der Waals surface area contributed by atoms with E-state index in [4.69, 9.17) is 4.98 Å². The van der Waals surface area contributed by atoms with E-state index in [1.807, 2.05) is 42.0 Å². The molecule has 0 spiro atoms. The summed E-state index contributed by atoms with van der Waals surface area (Å²) in [6.45, 7) is 1.91. The number of carbonyl (C=O) groups is 1.